The molecule has 2 N–H and O–H groups in total. The van der Waals surface area contributed by atoms with E-state index in [-0.39, 0.29) is 0 Å². The van der Waals surface area contributed by atoms with Crippen molar-refractivity contribution >= 4 is 46.3 Å². The van der Waals surface area contributed by atoms with Gasteiger partial charge < -0.3 is 9.99 Å². The standard InChI is InChI=1S/C21H18Cl3N5/c22-13-5-7-17-12(9-13)11-25-28-21(26-17)20-19(15-10-14(23)4-6-16(15)24)27-18-3-1-2-8-29(18)20/h4-7,9-10,25H,1-3,8,11H2,(H,26,28). The number of amidine groups is 1. The summed E-state index contributed by atoms with van der Waals surface area (Å²) < 4.78 is 2.24. The van der Waals surface area contributed by atoms with Crippen molar-refractivity contribution in [2.24, 2.45) is 4.99 Å². The lowest BCUT2D eigenvalue weighted by atomic mass is 10.1. The van der Waals surface area contributed by atoms with E-state index < -0.39 is 0 Å². The van der Waals surface area contributed by atoms with Gasteiger partial charge in [-0.15, -0.1) is 0 Å². The van der Waals surface area contributed by atoms with Crippen LogP contribution in [0.5, 0.6) is 0 Å². The van der Waals surface area contributed by atoms with Gasteiger partial charge in [0.25, 0.3) is 0 Å². The summed E-state index contributed by atoms with van der Waals surface area (Å²) in [7, 11) is 0. The molecule has 148 valence electrons. The van der Waals surface area contributed by atoms with Crippen LogP contribution in [0, 0.1) is 0 Å². The Balaban J connectivity index is 1.73. The van der Waals surface area contributed by atoms with Gasteiger partial charge >= 0.3 is 0 Å². The van der Waals surface area contributed by atoms with Crippen molar-refractivity contribution in [1.29, 1.82) is 0 Å². The smallest absolute Gasteiger partial charge is 0.167 e. The molecular weight excluding hydrogens is 429 g/mol. The quantitative estimate of drug-likeness (QED) is 0.544. The van der Waals surface area contributed by atoms with E-state index in [0.717, 1.165) is 59.8 Å². The second kappa shape index (κ2) is 7.65. The molecule has 0 atom stereocenters. The van der Waals surface area contributed by atoms with E-state index in [4.69, 9.17) is 44.8 Å². The largest absolute Gasteiger partial charge is 0.325 e. The Hall–Kier alpha value is -2.05. The van der Waals surface area contributed by atoms with Crippen LogP contribution >= 0.6 is 34.8 Å². The molecule has 1 aromatic heterocycles. The fourth-order valence-corrected chi connectivity index (χ4v) is 4.45. The summed E-state index contributed by atoms with van der Waals surface area (Å²) >= 11 is 19.0. The van der Waals surface area contributed by atoms with E-state index in [2.05, 4.69) is 15.4 Å². The number of nitrogens with one attached hydrogen (secondary N) is 2. The van der Waals surface area contributed by atoms with Crippen molar-refractivity contribution in [1.82, 2.24) is 20.4 Å². The molecule has 0 spiro atoms. The maximum absolute atomic E-state index is 6.54. The van der Waals surface area contributed by atoms with Crippen molar-refractivity contribution in [3.05, 3.63) is 68.5 Å². The number of halogens is 3. The minimum Gasteiger partial charge on any atom is -0.325 e. The van der Waals surface area contributed by atoms with E-state index in [1.807, 2.05) is 24.3 Å². The minimum atomic E-state index is 0.608. The molecule has 5 rings (SSSR count). The average Bonchev–Trinajstić information content (AvgIpc) is 2.97. The number of aromatic nitrogens is 2. The molecule has 0 amide bonds. The van der Waals surface area contributed by atoms with Crippen molar-refractivity contribution in [3.8, 4) is 11.3 Å². The molecule has 3 aromatic rings. The number of rotatable bonds is 2. The first-order valence-corrected chi connectivity index (χ1v) is 10.6. The molecule has 5 nitrogen and oxygen atoms in total. The van der Waals surface area contributed by atoms with Gasteiger partial charge in [0.2, 0.25) is 0 Å². The highest BCUT2D eigenvalue weighted by molar-refractivity contribution is 6.35. The zero-order valence-corrected chi connectivity index (χ0v) is 17.7. The molecule has 0 radical (unpaired) electrons. The third-order valence-electron chi connectivity index (χ3n) is 5.25. The minimum absolute atomic E-state index is 0.608. The van der Waals surface area contributed by atoms with Crippen molar-refractivity contribution in [2.75, 3.05) is 0 Å². The molecule has 0 bridgehead atoms. The van der Waals surface area contributed by atoms with Gasteiger partial charge in [-0.1, -0.05) is 34.8 Å². The monoisotopic (exact) mass is 445 g/mol. The molecule has 0 unspecified atom stereocenters. The molecule has 0 fully saturated rings. The number of nitrogens with zero attached hydrogens (tertiary/aromatic N) is 3. The zero-order valence-electron chi connectivity index (χ0n) is 15.5. The predicted octanol–water partition coefficient (Wildman–Crippen LogP) is 5.53. The first-order valence-electron chi connectivity index (χ1n) is 9.51. The number of fused-ring (bicyclic) bond motifs is 2. The number of imidazole rings is 1. The molecule has 29 heavy (non-hydrogen) atoms. The number of hydrazine groups is 1. The number of benzene rings is 2. The summed E-state index contributed by atoms with van der Waals surface area (Å²) in [6, 6.07) is 11.2. The molecule has 2 aromatic carbocycles. The summed E-state index contributed by atoms with van der Waals surface area (Å²) in [5.74, 6) is 1.75. The summed E-state index contributed by atoms with van der Waals surface area (Å²) in [6.07, 6.45) is 3.16. The first kappa shape index (κ1) is 18.9. The van der Waals surface area contributed by atoms with Gasteiger partial charge in [0.1, 0.15) is 17.2 Å². The number of aliphatic imine (C=N–C) groups is 1. The van der Waals surface area contributed by atoms with Crippen LogP contribution < -0.4 is 10.9 Å². The van der Waals surface area contributed by atoms with Crippen molar-refractivity contribution in [2.45, 2.75) is 32.4 Å². The fourth-order valence-electron chi connectivity index (χ4n) is 3.88. The number of aryl methyl sites for hydroxylation is 1. The van der Waals surface area contributed by atoms with Gasteiger partial charge in [-0.2, -0.15) is 0 Å². The Kier molecular flexibility index (Phi) is 5.00. The molecule has 2 aliphatic heterocycles. The molecule has 0 aliphatic carbocycles. The average molecular weight is 447 g/mol. The highest BCUT2D eigenvalue weighted by Crippen LogP contribution is 2.35. The molecule has 0 saturated carbocycles. The summed E-state index contributed by atoms with van der Waals surface area (Å²) in [5.41, 5.74) is 10.9. The fraction of sp³-hybridized carbons (Fsp3) is 0.238. The third kappa shape index (κ3) is 3.53. The van der Waals surface area contributed by atoms with E-state index >= 15 is 0 Å². The van der Waals surface area contributed by atoms with Crippen molar-refractivity contribution in [3.63, 3.8) is 0 Å². The van der Waals surface area contributed by atoms with Crippen LogP contribution in [0.4, 0.5) is 5.69 Å². The number of hydrogen-bond donors (Lipinski definition) is 2. The van der Waals surface area contributed by atoms with Crippen LogP contribution in [0.15, 0.2) is 41.4 Å². The van der Waals surface area contributed by atoms with Crippen LogP contribution in [0.2, 0.25) is 15.1 Å². The number of hydrogen-bond acceptors (Lipinski definition) is 4. The summed E-state index contributed by atoms with van der Waals surface area (Å²) in [5, 5.41) is 1.92. The highest BCUT2D eigenvalue weighted by atomic mass is 35.5. The second-order valence-electron chi connectivity index (χ2n) is 7.17. The molecule has 0 saturated heterocycles. The zero-order chi connectivity index (χ0) is 20.0. The van der Waals surface area contributed by atoms with Gasteiger partial charge in [0.05, 0.1) is 10.7 Å². The topological polar surface area (TPSA) is 54.2 Å². The van der Waals surface area contributed by atoms with Crippen LogP contribution in [-0.4, -0.2) is 15.4 Å². The molecular formula is C21H18Cl3N5. The third-order valence-corrected chi connectivity index (χ3v) is 6.05. The summed E-state index contributed by atoms with van der Waals surface area (Å²) in [6.45, 7) is 1.50. The van der Waals surface area contributed by atoms with E-state index in [0.29, 0.717) is 27.4 Å². The van der Waals surface area contributed by atoms with Crippen molar-refractivity contribution < 1.29 is 0 Å². The van der Waals surface area contributed by atoms with Gasteiger partial charge in [-0.05, 0) is 54.8 Å². The Morgan fingerprint density at radius 1 is 0.966 bits per heavy atom. The maximum Gasteiger partial charge on any atom is 0.167 e. The Bertz CT molecular complexity index is 1140. The van der Waals surface area contributed by atoms with E-state index in [1.54, 1.807) is 12.1 Å². The van der Waals surface area contributed by atoms with Gasteiger partial charge in [0.15, 0.2) is 5.84 Å². The highest BCUT2D eigenvalue weighted by Gasteiger charge is 2.26. The SMILES string of the molecule is Clc1ccc2c(c1)CNNC(c1c(-c3cc(Cl)ccc3Cl)nc3n1CCCC3)=N2. The van der Waals surface area contributed by atoms with E-state index in [1.165, 1.54) is 0 Å². The second-order valence-corrected chi connectivity index (χ2v) is 8.45. The van der Waals surface area contributed by atoms with Crippen LogP contribution in [0.1, 0.15) is 29.9 Å². The van der Waals surface area contributed by atoms with Crippen LogP contribution in [-0.2, 0) is 19.5 Å². The first-order chi connectivity index (χ1) is 14.1. The van der Waals surface area contributed by atoms with Gasteiger partial charge in [0, 0.05) is 35.1 Å². The van der Waals surface area contributed by atoms with Crippen LogP contribution in [0.25, 0.3) is 11.3 Å². The lowest BCUT2D eigenvalue weighted by Gasteiger charge is -2.18. The Morgan fingerprint density at radius 2 is 1.79 bits per heavy atom. The maximum atomic E-state index is 6.54. The molecule has 8 heteroatoms. The van der Waals surface area contributed by atoms with Gasteiger partial charge in [-0.25, -0.2) is 15.4 Å². The lowest BCUT2D eigenvalue weighted by Crippen LogP contribution is -2.37. The molecule has 3 heterocycles. The Labute approximate surface area is 183 Å². The summed E-state index contributed by atoms with van der Waals surface area (Å²) in [4.78, 5) is 9.87. The lowest BCUT2D eigenvalue weighted by molar-refractivity contribution is 0.518. The van der Waals surface area contributed by atoms with E-state index in [9.17, 15) is 0 Å². The van der Waals surface area contributed by atoms with Gasteiger partial charge in [-0.3, -0.25) is 0 Å². The van der Waals surface area contributed by atoms with Crippen LogP contribution in [0.3, 0.4) is 0 Å². The predicted molar refractivity (Wildman–Crippen MR) is 118 cm³/mol. The normalized spacial score (nSPS) is 15.8. The Morgan fingerprint density at radius 3 is 2.69 bits per heavy atom. The molecule has 2 aliphatic rings.